The minimum Gasteiger partial charge on any atom is -0.361 e. The number of aromatic nitrogens is 1. The van der Waals surface area contributed by atoms with E-state index in [4.69, 9.17) is 11.6 Å². The highest BCUT2D eigenvalue weighted by Crippen LogP contribution is 2.30. The summed E-state index contributed by atoms with van der Waals surface area (Å²) in [6, 6.07) is 9.93. The highest BCUT2D eigenvalue weighted by atomic mass is 35.5. The minimum absolute atomic E-state index is 0.0790. The van der Waals surface area contributed by atoms with Crippen LogP contribution in [0.2, 0.25) is 5.02 Å². The molecule has 0 radical (unpaired) electrons. The molecule has 0 saturated carbocycles. The van der Waals surface area contributed by atoms with Gasteiger partial charge in [-0.1, -0.05) is 35.9 Å². The predicted octanol–water partition coefficient (Wildman–Crippen LogP) is 4.04. The summed E-state index contributed by atoms with van der Waals surface area (Å²) in [6.07, 6.45) is 7.76. The van der Waals surface area contributed by atoms with Gasteiger partial charge in [0, 0.05) is 35.2 Å². The number of aromatic amines is 1. The Morgan fingerprint density at radius 2 is 1.95 bits per heavy atom. The van der Waals surface area contributed by atoms with Gasteiger partial charge in [0.1, 0.15) is 6.29 Å². The standard InChI is InChI=1S/C17H16ClNO/c18-14-7-5-12(6-8-14)15(9-10-20)17-11-13-3-1-2-4-16(13)19-17/h1-2,5-8,10-11,15,19H,3-4,9H2/t15-/m0/s1. The Hall–Kier alpha value is -1.80. The molecule has 1 aliphatic rings. The second kappa shape index (κ2) is 5.68. The fourth-order valence-corrected chi connectivity index (χ4v) is 2.89. The minimum atomic E-state index is 0.0790. The summed E-state index contributed by atoms with van der Waals surface area (Å²) in [5.41, 5.74) is 4.85. The molecule has 1 aliphatic carbocycles. The molecule has 1 N–H and O–H groups in total. The smallest absolute Gasteiger partial charge is 0.120 e. The average molecular weight is 286 g/mol. The maximum atomic E-state index is 11.0. The molecule has 1 aromatic heterocycles. The number of hydrogen-bond donors (Lipinski definition) is 1. The van der Waals surface area contributed by atoms with E-state index in [0.29, 0.717) is 11.4 Å². The zero-order valence-corrected chi connectivity index (χ0v) is 11.9. The van der Waals surface area contributed by atoms with Crippen molar-refractivity contribution in [3.63, 3.8) is 0 Å². The summed E-state index contributed by atoms with van der Waals surface area (Å²) >= 11 is 5.94. The Bertz CT molecular complexity index is 614. The lowest BCUT2D eigenvalue weighted by atomic mass is 9.92. The van der Waals surface area contributed by atoms with Crippen molar-refractivity contribution in [1.29, 1.82) is 0 Å². The maximum Gasteiger partial charge on any atom is 0.120 e. The molecule has 1 aromatic carbocycles. The van der Waals surface area contributed by atoms with Crippen LogP contribution < -0.4 is 0 Å². The summed E-state index contributed by atoms with van der Waals surface area (Å²) in [4.78, 5) is 14.5. The highest BCUT2D eigenvalue weighted by molar-refractivity contribution is 6.30. The molecule has 0 amide bonds. The third kappa shape index (κ3) is 2.56. The summed E-state index contributed by atoms with van der Waals surface area (Å²) < 4.78 is 0. The van der Waals surface area contributed by atoms with Crippen molar-refractivity contribution in [3.05, 3.63) is 70.0 Å². The number of aldehydes is 1. The number of carbonyl (C=O) groups is 1. The van der Waals surface area contributed by atoms with Crippen LogP contribution in [0.5, 0.6) is 0 Å². The molecular weight excluding hydrogens is 270 g/mol. The number of halogens is 1. The SMILES string of the molecule is O=CC[C@@H](c1ccc(Cl)cc1)c1cc2c([nH]1)CC=CC2. The van der Waals surface area contributed by atoms with Crippen molar-refractivity contribution < 1.29 is 4.79 Å². The van der Waals surface area contributed by atoms with Crippen molar-refractivity contribution in [3.8, 4) is 0 Å². The molecule has 0 fully saturated rings. The quantitative estimate of drug-likeness (QED) is 0.667. The fraction of sp³-hybridized carbons (Fsp3) is 0.235. The predicted molar refractivity (Wildman–Crippen MR) is 81.3 cm³/mol. The Balaban J connectivity index is 1.96. The van der Waals surface area contributed by atoms with E-state index < -0.39 is 0 Å². The molecule has 0 unspecified atom stereocenters. The second-order valence-corrected chi connectivity index (χ2v) is 5.55. The molecule has 1 heterocycles. The lowest BCUT2D eigenvalue weighted by molar-refractivity contribution is -0.108. The van der Waals surface area contributed by atoms with Gasteiger partial charge in [-0.2, -0.15) is 0 Å². The number of H-pyrrole nitrogens is 1. The lowest BCUT2D eigenvalue weighted by Gasteiger charge is -2.13. The first-order valence-corrected chi connectivity index (χ1v) is 7.20. The third-order valence-electron chi connectivity index (χ3n) is 3.82. The van der Waals surface area contributed by atoms with E-state index in [1.165, 1.54) is 11.3 Å². The largest absolute Gasteiger partial charge is 0.361 e. The summed E-state index contributed by atoms with van der Waals surface area (Å²) in [5.74, 6) is 0.0790. The summed E-state index contributed by atoms with van der Waals surface area (Å²) in [7, 11) is 0. The number of hydrogen-bond acceptors (Lipinski definition) is 1. The van der Waals surface area contributed by atoms with Crippen LogP contribution >= 0.6 is 11.6 Å². The molecule has 20 heavy (non-hydrogen) atoms. The number of rotatable bonds is 4. The van der Waals surface area contributed by atoms with Gasteiger partial charge in [0.05, 0.1) is 0 Å². The number of nitrogens with one attached hydrogen (secondary N) is 1. The molecule has 0 spiro atoms. The molecule has 2 nitrogen and oxygen atoms in total. The normalized spacial score (nSPS) is 14.8. The van der Waals surface area contributed by atoms with Crippen LogP contribution in [0.1, 0.15) is 34.9 Å². The van der Waals surface area contributed by atoms with Gasteiger partial charge in [0.15, 0.2) is 0 Å². The van der Waals surface area contributed by atoms with Gasteiger partial charge >= 0.3 is 0 Å². The molecular formula is C17H16ClNO. The van der Waals surface area contributed by atoms with E-state index in [2.05, 4.69) is 23.2 Å². The average Bonchev–Trinajstić information content (AvgIpc) is 2.89. The first-order chi connectivity index (χ1) is 9.78. The number of benzene rings is 1. The Morgan fingerprint density at radius 3 is 2.65 bits per heavy atom. The van der Waals surface area contributed by atoms with Crippen LogP contribution in [0.4, 0.5) is 0 Å². The van der Waals surface area contributed by atoms with Crippen molar-refractivity contribution in [2.75, 3.05) is 0 Å². The Morgan fingerprint density at radius 1 is 1.20 bits per heavy atom. The molecule has 0 saturated heterocycles. The zero-order chi connectivity index (χ0) is 13.9. The van der Waals surface area contributed by atoms with Crippen LogP contribution in [-0.4, -0.2) is 11.3 Å². The summed E-state index contributed by atoms with van der Waals surface area (Å²) in [6.45, 7) is 0. The van der Waals surface area contributed by atoms with Gasteiger partial charge in [0.2, 0.25) is 0 Å². The highest BCUT2D eigenvalue weighted by Gasteiger charge is 2.18. The molecule has 0 aliphatic heterocycles. The van der Waals surface area contributed by atoms with Crippen LogP contribution in [0.3, 0.4) is 0 Å². The second-order valence-electron chi connectivity index (χ2n) is 5.11. The first-order valence-electron chi connectivity index (χ1n) is 6.82. The van der Waals surface area contributed by atoms with E-state index in [-0.39, 0.29) is 5.92 Å². The molecule has 3 rings (SSSR count). The van der Waals surface area contributed by atoms with E-state index >= 15 is 0 Å². The van der Waals surface area contributed by atoms with Crippen molar-refractivity contribution in [1.82, 2.24) is 4.98 Å². The van der Waals surface area contributed by atoms with Crippen LogP contribution in [0.15, 0.2) is 42.5 Å². The molecule has 2 aromatic rings. The first kappa shape index (κ1) is 13.2. The van der Waals surface area contributed by atoms with E-state index in [9.17, 15) is 4.79 Å². The Labute approximate surface area is 123 Å². The van der Waals surface area contributed by atoms with Gasteiger partial charge in [-0.05, 0) is 35.7 Å². The van der Waals surface area contributed by atoms with E-state index in [1.54, 1.807) is 0 Å². The molecule has 3 heteroatoms. The van der Waals surface area contributed by atoms with Crippen LogP contribution in [0.25, 0.3) is 0 Å². The van der Waals surface area contributed by atoms with Gasteiger partial charge in [-0.25, -0.2) is 0 Å². The van der Waals surface area contributed by atoms with Gasteiger partial charge in [-0.3, -0.25) is 0 Å². The van der Waals surface area contributed by atoms with Gasteiger partial charge in [-0.15, -0.1) is 0 Å². The molecule has 1 atom stereocenters. The lowest BCUT2D eigenvalue weighted by Crippen LogP contribution is -2.02. The Kier molecular flexibility index (Phi) is 3.75. The number of carbonyl (C=O) groups excluding carboxylic acids is 1. The van der Waals surface area contributed by atoms with Crippen LogP contribution in [-0.2, 0) is 17.6 Å². The topological polar surface area (TPSA) is 32.9 Å². The number of fused-ring (bicyclic) bond motifs is 1. The van der Waals surface area contributed by atoms with Crippen molar-refractivity contribution >= 4 is 17.9 Å². The fourth-order valence-electron chi connectivity index (χ4n) is 2.76. The molecule has 0 bridgehead atoms. The van der Waals surface area contributed by atoms with Gasteiger partial charge in [0.25, 0.3) is 0 Å². The monoisotopic (exact) mass is 285 g/mol. The number of allylic oxidation sites excluding steroid dienone is 2. The maximum absolute atomic E-state index is 11.0. The molecule has 102 valence electrons. The summed E-state index contributed by atoms with van der Waals surface area (Å²) in [5, 5.41) is 0.716. The van der Waals surface area contributed by atoms with Gasteiger partial charge < -0.3 is 9.78 Å². The van der Waals surface area contributed by atoms with Crippen molar-refractivity contribution in [2.45, 2.75) is 25.2 Å². The van der Waals surface area contributed by atoms with Crippen molar-refractivity contribution in [2.24, 2.45) is 0 Å². The van der Waals surface area contributed by atoms with Crippen LogP contribution in [0, 0.1) is 0 Å². The van der Waals surface area contributed by atoms with E-state index in [1.807, 2.05) is 24.3 Å². The van der Waals surface area contributed by atoms with E-state index in [0.717, 1.165) is 30.4 Å². The third-order valence-corrected chi connectivity index (χ3v) is 4.07. The zero-order valence-electron chi connectivity index (χ0n) is 11.1.